The fraction of sp³-hybridized carbons (Fsp3) is 0.455. The van der Waals surface area contributed by atoms with Gasteiger partial charge in [0.1, 0.15) is 17.9 Å². The molecule has 3 aliphatic rings. The minimum Gasteiger partial charge on any atom is -0.468 e. The van der Waals surface area contributed by atoms with Gasteiger partial charge in [0.05, 0.1) is 25.5 Å². The van der Waals surface area contributed by atoms with E-state index in [1.54, 1.807) is 11.2 Å². The first kappa shape index (κ1) is 18.2. The zero-order chi connectivity index (χ0) is 20.0. The van der Waals surface area contributed by atoms with Crippen LogP contribution in [-0.2, 0) is 20.9 Å². The summed E-state index contributed by atoms with van der Waals surface area (Å²) in [6.45, 7) is 0.805. The highest BCUT2D eigenvalue weighted by Gasteiger charge is 2.69. The molecule has 5 atom stereocenters. The summed E-state index contributed by atoms with van der Waals surface area (Å²) in [5, 5.41) is 3.49. The van der Waals surface area contributed by atoms with Crippen molar-refractivity contribution in [2.45, 2.75) is 37.1 Å². The van der Waals surface area contributed by atoms with E-state index in [4.69, 9.17) is 13.9 Å². The van der Waals surface area contributed by atoms with Gasteiger partial charge in [-0.3, -0.25) is 10.1 Å². The molecular weight excluding hydrogens is 372 g/mol. The Hall–Kier alpha value is -2.80. The van der Waals surface area contributed by atoms with Crippen LogP contribution in [0, 0.1) is 11.8 Å². The Kier molecular flexibility index (Phi) is 4.35. The number of hydrogen-bond acceptors (Lipinski definition) is 6. The first-order valence-corrected chi connectivity index (χ1v) is 10.0. The SMILES string of the molecule is COC(=O)[C@]12CC[C@H]3CN(C(=O)OCc4ccccc4)[C@H]([C@H]31)[C@H](c1ccco1)N2. The fourth-order valence-electron chi connectivity index (χ4n) is 5.61. The summed E-state index contributed by atoms with van der Waals surface area (Å²) in [4.78, 5) is 27.6. The second-order valence-electron chi connectivity index (χ2n) is 8.11. The number of amides is 1. The standard InChI is InChI=1S/C22H24N2O5/c1-27-20(25)22-10-9-15-12-24(21(26)29-13-14-6-3-2-4-7-14)19(17(15)22)18(23-22)16-8-5-11-28-16/h2-8,11,15,17-19,23H,9-10,12-13H2,1H3/t15-,17-,18-,19+,22-/m0/s1. The van der Waals surface area contributed by atoms with Gasteiger partial charge in [0.25, 0.3) is 0 Å². The van der Waals surface area contributed by atoms with Crippen molar-refractivity contribution in [2.75, 3.05) is 13.7 Å². The molecule has 152 valence electrons. The molecule has 1 N–H and O–H groups in total. The number of esters is 1. The number of benzene rings is 1. The maximum atomic E-state index is 13.0. The first-order chi connectivity index (χ1) is 14.1. The van der Waals surface area contributed by atoms with Crippen LogP contribution in [0.5, 0.6) is 0 Å². The largest absolute Gasteiger partial charge is 0.468 e. The van der Waals surface area contributed by atoms with E-state index in [-0.39, 0.29) is 42.6 Å². The summed E-state index contributed by atoms with van der Waals surface area (Å²) >= 11 is 0. The van der Waals surface area contributed by atoms with Gasteiger partial charge < -0.3 is 18.8 Å². The summed E-state index contributed by atoms with van der Waals surface area (Å²) in [7, 11) is 1.42. The molecule has 1 aliphatic carbocycles. The van der Waals surface area contributed by atoms with E-state index < -0.39 is 5.54 Å². The van der Waals surface area contributed by atoms with Gasteiger partial charge in [-0.1, -0.05) is 30.3 Å². The lowest BCUT2D eigenvalue weighted by atomic mass is 9.83. The number of furan rings is 1. The summed E-state index contributed by atoms with van der Waals surface area (Å²) in [5.74, 6) is 0.669. The molecule has 1 aromatic carbocycles. The lowest BCUT2D eigenvalue weighted by molar-refractivity contribution is -0.149. The molecule has 7 nitrogen and oxygen atoms in total. The number of nitrogens with one attached hydrogen (secondary N) is 1. The quantitative estimate of drug-likeness (QED) is 0.801. The van der Waals surface area contributed by atoms with E-state index >= 15 is 0 Å². The van der Waals surface area contributed by atoms with Crippen LogP contribution in [0.2, 0.25) is 0 Å². The zero-order valence-electron chi connectivity index (χ0n) is 16.2. The Bertz CT molecular complexity index is 899. The third-order valence-corrected chi connectivity index (χ3v) is 6.74. The number of carbonyl (C=O) groups excluding carboxylic acids is 2. The molecule has 29 heavy (non-hydrogen) atoms. The summed E-state index contributed by atoms with van der Waals surface area (Å²) in [5.41, 5.74) is 0.159. The predicted octanol–water partition coefficient (Wildman–Crippen LogP) is 2.88. The van der Waals surface area contributed by atoms with Crippen LogP contribution >= 0.6 is 0 Å². The van der Waals surface area contributed by atoms with Crippen LogP contribution in [0.1, 0.15) is 30.2 Å². The topological polar surface area (TPSA) is 81.0 Å². The van der Waals surface area contributed by atoms with Crippen LogP contribution in [-0.4, -0.2) is 42.2 Å². The molecule has 0 unspecified atom stereocenters. The number of methoxy groups -OCH3 is 1. The highest BCUT2D eigenvalue weighted by Crippen LogP contribution is 2.57. The van der Waals surface area contributed by atoms with Crippen molar-refractivity contribution >= 4 is 12.1 Å². The predicted molar refractivity (Wildman–Crippen MR) is 103 cm³/mol. The van der Waals surface area contributed by atoms with Crippen molar-refractivity contribution in [3.8, 4) is 0 Å². The zero-order valence-corrected chi connectivity index (χ0v) is 16.2. The summed E-state index contributed by atoms with van der Waals surface area (Å²) in [6.07, 6.45) is 2.83. The number of likely N-dealkylation sites (tertiary alicyclic amines) is 1. The average Bonchev–Trinajstić information content (AvgIpc) is 3.51. The molecule has 0 bridgehead atoms. The number of ether oxygens (including phenoxy) is 2. The molecule has 3 fully saturated rings. The molecule has 1 aromatic heterocycles. The highest BCUT2D eigenvalue weighted by atomic mass is 16.6. The number of carbonyl (C=O) groups is 2. The normalized spacial score (nSPS) is 32.2. The highest BCUT2D eigenvalue weighted by molar-refractivity contribution is 5.83. The Balaban J connectivity index is 1.43. The van der Waals surface area contributed by atoms with E-state index in [1.165, 1.54) is 7.11 Å². The minimum atomic E-state index is -0.782. The van der Waals surface area contributed by atoms with Gasteiger partial charge in [0.2, 0.25) is 0 Å². The molecule has 0 spiro atoms. The molecular formula is C22H24N2O5. The second-order valence-corrected chi connectivity index (χ2v) is 8.11. The van der Waals surface area contributed by atoms with E-state index in [2.05, 4.69) is 5.32 Å². The van der Waals surface area contributed by atoms with Gasteiger partial charge >= 0.3 is 12.1 Å². The third kappa shape index (κ3) is 2.75. The first-order valence-electron chi connectivity index (χ1n) is 10.0. The van der Waals surface area contributed by atoms with Crippen LogP contribution < -0.4 is 5.32 Å². The van der Waals surface area contributed by atoms with Crippen molar-refractivity contribution in [3.63, 3.8) is 0 Å². The van der Waals surface area contributed by atoms with E-state index in [0.717, 1.165) is 12.0 Å². The second kappa shape index (κ2) is 6.91. The maximum absolute atomic E-state index is 13.0. The Morgan fingerprint density at radius 3 is 2.79 bits per heavy atom. The van der Waals surface area contributed by atoms with Gasteiger partial charge in [0, 0.05) is 12.5 Å². The minimum absolute atomic E-state index is 0.0191. The van der Waals surface area contributed by atoms with Crippen molar-refractivity contribution in [1.82, 2.24) is 10.2 Å². The van der Waals surface area contributed by atoms with E-state index in [9.17, 15) is 9.59 Å². The Labute approximate surface area is 169 Å². The van der Waals surface area contributed by atoms with Crippen LogP contribution in [0.15, 0.2) is 53.1 Å². The van der Waals surface area contributed by atoms with Crippen LogP contribution in [0.4, 0.5) is 4.79 Å². The van der Waals surface area contributed by atoms with Crippen molar-refractivity contribution in [2.24, 2.45) is 11.8 Å². The monoisotopic (exact) mass is 396 g/mol. The summed E-state index contributed by atoms with van der Waals surface area (Å²) < 4.78 is 16.4. The molecule has 2 saturated heterocycles. The number of hydrogen-bond donors (Lipinski definition) is 1. The third-order valence-electron chi connectivity index (χ3n) is 6.74. The molecule has 5 rings (SSSR count). The molecule has 1 saturated carbocycles. The average molecular weight is 396 g/mol. The Morgan fingerprint density at radius 2 is 2.07 bits per heavy atom. The number of rotatable bonds is 4. The van der Waals surface area contributed by atoms with Crippen LogP contribution in [0.25, 0.3) is 0 Å². The van der Waals surface area contributed by atoms with Crippen molar-refractivity contribution in [3.05, 3.63) is 60.1 Å². The molecule has 0 radical (unpaired) electrons. The van der Waals surface area contributed by atoms with E-state index in [1.807, 2.05) is 42.5 Å². The number of nitrogens with zero attached hydrogens (tertiary/aromatic N) is 1. The molecule has 2 aromatic rings. The van der Waals surface area contributed by atoms with Gasteiger partial charge in [-0.05, 0) is 36.5 Å². The fourth-order valence-corrected chi connectivity index (χ4v) is 5.61. The smallest absolute Gasteiger partial charge is 0.410 e. The van der Waals surface area contributed by atoms with Crippen molar-refractivity contribution < 1.29 is 23.5 Å². The molecule has 3 heterocycles. The lowest BCUT2D eigenvalue weighted by Gasteiger charge is -2.27. The maximum Gasteiger partial charge on any atom is 0.410 e. The van der Waals surface area contributed by atoms with Gasteiger partial charge in [-0.2, -0.15) is 0 Å². The van der Waals surface area contributed by atoms with Crippen LogP contribution in [0.3, 0.4) is 0 Å². The van der Waals surface area contributed by atoms with E-state index in [0.29, 0.717) is 18.7 Å². The van der Waals surface area contributed by atoms with Crippen molar-refractivity contribution in [1.29, 1.82) is 0 Å². The lowest BCUT2D eigenvalue weighted by Crippen LogP contribution is -2.51. The Morgan fingerprint density at radius 1 is 1.24 bits per heavy atom. The summed E-state index contributed by atoms with van der Waals surface area (Å²) in [6, 6.07) is 12.8. The van der Waals surface area contributed by atoms with Gasteiger partial charge in [-0.15, -0.1) is 0 Å². The van der Waals surface area contributed by atoms with Gasteiger partial charge in [0.15, 0.2) is 0 Å². The molecule has 7 heteroatoms. The molecule has 2 aliphatic heterocycles. The molecule has 1 amide bonds. The van der Waals surface area contributed by atoms with Gasteiger partial charge in [-0.25, -0.2) is 4.79 Å².